The minimum absolute atomic E-state index is 0.158. The third-order valence-electron chi connectivity index (χ3n) is 4.76. The fourth-order valence-electron chi connectivity index (χ4n) is 3.26. The Morgan fingerprint density at radius 3 is 2.42 bits per heavy atom. The molecule has 1 unspecified atom stereocenters. The van der Waals surface area contributed by atoms with Gasteiger partial charge in [0.15, 0.2) is 0 Å². The molecule has 4 rings (SSSR count). The molecule has 0 aliphatic rings. The predicted octanol–water partition coefficient (Wildman–Crippen LogP) is 5.33. The smallest absolute Gasteiger partial charge is 0.266 e. The molecule has 2 aromatic carbocycles. The first kappa shape index (κ1) is 21.3. The maximum atomic E-state index is 12.0. The van der Waals surface area contributed by atoms with Crippen LogP contribution in [0.25, 0.3) is 11.1 Å². The molecule has 0 saturated heterocycles. The minimum Gasteiger partial charge on any atom is -0.457 e. The quantitative estimate of drug-likeness (QED) is 0.411. The number of halogens is 1. The average molecular weight is 453 g/mol. The van der Waals surface area contributed by atoms with Crippen LogP contribution in [0.3, 0.4) is 0 Å². The fourth-order valence-corrected chi connectivity index (χ4v) is 4.35. The van der Waals surface area contributed by atoms with Crippen LogP contribution in [0.5, 0.6) is 11.5 Å². The van der Waals surface area contributed by atoms with Crippen LogP contribution in [-0.2, 0) is 13.0 Å². The number of nitrogens with zero attached hydrogens (tertiary/aromatic N) is 2. The summed E-state index contributed by atoms with van der Waals surface area (Å²) in [7, 11) is 0. The summed E-state index contributed by atoms with van der Waals surface area (Å²) in [5.74, 6) is 1.45. The second-order valence-corrected chi connectivity index (χ2v) is 8.63. The van der Waals surface area contributed by atoms with Gasteiger partial charge in [0.2, 0.25) is 0 Å². The molecule has 0 saturated carbocycles. The molecule has 0 spiro atoms. The zero-order valence-electron chi connectivity index (χ0n) is 16.9. The Balaban J connectivity index is 1.45. The van der Waals surface area contributed by atoms with Gasteiger partial charge in [0, 0.05) is 22.4 Å². The van der Waals surface area contributed by atoms with Gasteiger partial charge in [-0.05, 0) is 72.0 Å². The molecule has 0 aliphatic heterocycles. The van der Waals surface area contributed by atoms with Crippen molar-refractivity contribution in [2.24, 2.45) is 0 Å². The maximum absolute atomic E-state index is 12.0. The van der Waals surface area contributed by atoms with E-state index in [0.717, 1.165) is 33.2 Å². The van der Waals surface area contributed by atoms with Crippen LogP contribution in [0.2, 0.25) is 5.02 Å². The molecule has 0 aliphatic carbocycles. The van der Waals surface area contributed by atoms with Crippen molar-refractivity contribution in [1.82, 2.24) is 9.78 Å². The highest BCUT2D eigenvalue weighted by Crippen LogP contribution is 2.32. The molecule has 5 nitrogen and oxygen atoms in total. The normalized spacial score (nSPS) is 12.0. The molecule has 0 radical (unpaired) electrons. The number of aryl methyl sites for hydroxylation is 1. The highest BCUT2D eigenvalue weighted by Gasteiger charge is 2.14. The van der Waals surface area contributed by atoms with Crippen molar-refractivity contribution in [3.63, 3.8) is 0 Å². The zero-order valence-corrected chi connectivity index (χ0v) is 18.4. The summed E-state index contributed by atoms with van der Waals surface area (Å²) in [6, 6.07) is 20.2. The number of hydrogen-bond donors (Lipinski definition) is 1. The Morgan fingerprint density at radius 2 is 1.71 bits per heavy atom. The first-order valence-electron chi connectivity index (χ1n) is 9.81. The summed E-state index contributed by atoms with van der Waals surface area (Å²) in [6.07, 6.45) is -0.269. The summed E-state index contributed by atoms with van der Waals surface area (Å²) in [5, 5.41) is 17.4. The van der Waals surface area contributed by atoms with Crippen molar-refractivity contribution in [3.8, 4) is 22.6 Å². The van der Waals surface area contributed by atoms with Crippen molar-refractivity contribution >= 4 is 22.9 Å². The molecule has 2 heterocycles. The van der Waals surface area contributed by atoms with E-state index in [1.807, 2.05) is 54.8 Å². The van der Waals surface area contributed by atoms with E-state index in [4.69, 9.17) is 16.3 Å². The van der Waals surface area contributed by atoms with E-state index in [2.05, 4.69) is 5.10 Å². The van der Waals surface area contributed by atoms with E-state index in [9.17, 15) is 9.90 Å². The van der Waals surface area contributed by atoms with E-state index >= 15 is 0 Å². The van der Waals surface area contributed by atoms with Crippen molar-refractivity contribution in [3.05, 3.63) is 98.1 Å². The third-order valence-corrected chi connectivity index (χ3v) is 5.96. The van der Waals surface area contributed by atoms with E-state index < -0.39 is 6.10 Å². The molecule has 7 heteroatoms. The second-order valence-electron chi connectivity index (χ2n) is 7.19. The van der Waals surface area contributed by atoms with Gasteiger partial charge in [-0.25, -0.2) is 4.68 Å². The summed E-state index contributed by atoms with van der Waals surface area (Å²) < 4.78 is 7.17. The molecule has 4 aromatic rings. The largest absolute Gasteiger partial charge is 0.457 e. The molecule has 158 valence electrons. The lowest BCUT2D eigenvalue weighted by Gasteiger charge is -2.13. The number of hydrogen-bond acceptors (Lipinski definition) is 5. The number of aromatic nitrogens is 2. The Labute approximate surface area is 189 Å². The Hall–Kier alpha value is -2.93. The van der Waals surface area contributed by atoms with Gasteiger partial charge < -0.3 is 9.84 Å². The van der Waals surface area contributed by atoms with Crippen LogP contribution in [-0.4, -0.2) is 21.0 Å². The first-order valence-corrected chi connectivity index (χ1v) is 11.1. The average Bonchev–Trinajstić information content (AvgIpc) is 3.21. The Morgan fingerprint density at radius 1 is 1.03 bits per heavy atom. The topological polar surface area (TPSA) is 64.4 Å². The summed E-state index contributed by atoms with van der Waals surface area (Å²) in [4.78, 5) is 13.0. The van der Waals surface area contributed by atoms with Gasteiger partial charge in [-0.2, -0.15) is 5.10 Å². The van der Waals surface area contributed by atoms with Crippen LogP contribution in [0.4, 0.5) is 0 Å². The highest BCUT2D eigenvalue weighted by atomic mass is 35.5. The van der Waals surface area contributed by atoms with Crippen molar-refractivity contribution in [2.75, 3.05) is 0 Å². The first-order chi connectivity index (χ1) is 15.0. The molecular formula is C24H21ClN2O3S. The van der Waals surface area contributed by atoms with Crippen LogP contribution < -0.4 is 10.3 Å². The van der Waals surface area contributed by atoms with Crippen LogP contribution in [0.15, 0.2) is 76.9 Å². The van der Waals surface area contributed by atoms with Gasteiger partial charge in [-0.3, -0.25) is 4.79 Å². The van der Waals surface area contributed by atoms with Crippen LogP contribution in [0, 0.1) is 6.92 Å². The predicted molar refractivity (Wildman–Crippen MR) is 124 cm³/mol. The lowest BCUT2D eigenvalue weighted by molar-refractivity contribution is 0.148. The van der Waals surface area contributed by atoms with Crippen molar-refractivity contribution in [1.29, 1.82) is 0 Å². The molecule has 1 atom stereocenters. The number of aliphatic hydroxyl groups is 1. The fraction of sp³-hybridized carbons (Fsp3) is 0.167. The minimum atomic E-state index is -0.711. The molecule has 0 fully saturated rings. The van der Waals surface area contributed by atoms with Gasteiger partial charge in [-0.15, -0.1) is 11.3 Å². The molecule has 2 aromatic heterocycles. The van der Waals surface area contributed by atoms with Gasteiger partial charge >= 0.3 is 0 Å². The van der Waals surface area contributed by atoms with E-state index in [1.54, 1.807) is 29.5 Å². The number of thiophene rings is 1. The van der Waals surface area contributed by atoms with Gasteiger partial charge in [0.25, 0.3) is 5.56 Å². The maximum Gasteiger partial charge on any atom is 0.266 e. The summed E-state index contributed by atoms with van der Waals surface area (Å²) in [6.45, 7) is 1.98. The number of rotatable bonds is 7. The standard InChI is InChI=1S/C24H21ClN2O3S/c1-16-2-11-24(29)27(26-16)15-19(28)14-23-22(12-13-31-23)17-3-7-20(8-4-17)30-21-9-5-18(25)6-10-21/h2-13,19,28H,14-15H2,1H3. The number of ether oxygens (including phenoxy) is 1. The lowest BCUT2D eigenvalue weighted by atomic mass is 10.0. The van der Waals surface area contributed by atoms with E-state index in [1.165, 1.54) is 10.7 Å². The Bertz CT molecular complexity index is 1220. The summed E-state index contributed by atoms with van der Waals surface area (Å²) in [5.41, 5.74) is 2.63. The monoisotopic (exact) mass is 452 g/mol. The number of benzene rings is 2. The Kier molecular flexibility index (Phi) is 6.51. The molecule has 0 bridgehead atoms. The van der Waals surface area contributed by atoms with E-state index in [-0.39, 0.29) is 12.1 Å². The van der Waals surface area contributed by atoms with Gasteiger partial charge in [-0.1, -0.05) is 23.7 Å². The molecule has 0 amide bonds. The molecule has 1 N–H and O–H groups in total. The van der Waals surface area contributed by atoms with Crippen LogP contribution in [0.1, 0.15) is 10.6 Å². The molecule has 31 heavy (non-hydrogen) atoms. The summed E-state index contributed by atoms with van der Waals surface area (Å²) >= 11 is 7.50. The van der Waals surface area contributed by atoms with Crippen LogP contribution >= 0.6 is 22.9 Å². The lowest BCUT2D eigenvalue weighted by Crippen LogP contribution is -2.29. The highest BCUT2D eigenvalue weighted by molar-refractivity contribution is 7.10. The van der Waals surface area contributed by atoms with Gasteiger partial charge in [0.05, 0.1) is 18.3 Å². The van der Waals surface area contributed by atoms with Crippen molar-refractivity contribution in [2.45, 2.75) is 26.0 Å². The zero-order chi connectivity index (χ0) is 21.8. The van der Waals surface area contributed by atoms with Gasteiger partial charge in [0.1, 0.15) is 11.5 Å². The van der Waals surface area contributed by atoms with E-state index in [0.29, 0.717) is 11.4 Å². The second kappa shape index (κ2) is 9.47. The third kappa shape index (κ3) is 5.41. The SMILES string of the molecule is Cc1ccc(=O)n(CC(O)Cc2sccc2-c2ccc(Oc3ccc(Cl)cc3)cc2)n1. The number of aliphatic hydroxyl groups excluding tert-OH is 1. The molecular weight excluding hydrogens is 432 g/mol. The van der Waals surface area contributed by atoms with Crippen molar-refractivity contribution < 1.29 is 9.84 Å².